The van der Waals surface area contributed by atoms with E-state index in [2.05, 4.69) is 5.32 Å². The SMILES string of the molecule is CCCNC(=O)C(C)N(Cc1ccccc1Cl)C(=O)CN(c1ccccc1CC)S(C)(=O)=O. The van der Waals surface area contributed by atoms with Crippen molar-refractivity contribution in [3.63, 3.8) is 0 Å². The fraction of sp³-hybridized carbons (Fsp3) is 0.417. The van der Waals surface area contributed by atoms with Gasteiger partial charge >= 0.3 is 0 Å². The van der Waals surface area contributed by atoms with Crippen molar-refractivity contribution < 1.29 is 18.0 Å². The van der Waals surface area contributed by atoms with Gasteiger partial charge in [0, 0.05) is 18.1 Å². The van der Waals surface area contributed by atoms with E-state index in [0.717, 1.165) is 22.5 Å². The van der Waals surface area contributed by atoms with Crippen LogP contribution in [0.15, 0.2) is 48.5 Å². The molecule has 0 fully saturated rings. The zero-order valence-corrected chi connectivity index (χ0v) is 21.1. The third-order valence-corrected chi connectivity index (χ3v) is 6.83. The molecule has 2 rings (SSSR count). The molecule has 0 aliphatic heterocycles. The van der Waals surface area contributed by atoms with Crippen LogP contribution in [0, 0.1) is 0 Å². The van der Waals surface area contributed by atoms with Crippen LogP contribution in [0.4, 0.5) is 5.69 Å². The molecule has 7 nitrogen and oxygen atoms in total. The number of amides is 2. The van der Waals surface area contributed by atoms with Gasteiger partial charge in [0.15, 0.2) is 0 Å². The molecule has 0 aliphatic carbocycles. The van der Waals surface area contributed by atoms with Crippen LogP contribution in [0.5, 0.6) is 0 Å². The summed E-state index contributed by atoms with van der Waals surface area (Å²) < 4.78 is 26.4. The lowest BCUT2D eigenvalue weighted by Gasteiger charge is -2.32. The first kappa shape index (κ1) is 26.7. The Labute approximate surface area is 201 Å². The molecule has 1 unspecified atom stereocenters. The minimum Gasteiger partial charge on any atom is -0.354 e. The van der Waals surface area contributed by atoms with Crippen molar-refractivity contribution >= 4 is 39.1 Å². The fourth-order valence-electron chi connectivity index (χ4n) is 3.44. The van der Waals surface area contributed by atoms with Gasteiger partial charge in [0.1, 0.15) is 12.6 Å². The van der Waals surface area contributed by atoms with Crippen LogP contribution < -0.4 is 9.62 Å². The smallest absolute Gasteiger partial charge is 0.244 e. The van der Waals surface area contributed by atoms with Crippen molar-refractivity contribution in [2.45, 2.75) is 46.2 Å². The number of anilines is 1. The molecule has 33 heavy (non-hydrogen) atoms. The summed E-state index contributed by atoms with van der Waals surface area (Å²) in [4.78, 5) is 27.6. The van der Waals surface area contributed by atoms with E-state index in [1.54, 1.807) is 43.3 Å². The molecule has 0 bridgehead atoms. The van der Waals surface area contributed by atoms with Gasteiger partial charge in [-0.15, -0.1) is 0 Å². The number of para-hydroxylation sites is 1. The summed E-state index contributed by atoms with van der Waals surface area (Å²) >= 11 is 6.31. The lowest BCUT2D eigenvalue weighted by Crippen LogP contribution is -2.51. The molecule has 9 heteroatoms. The van der Waals surface area contributed by atoms with Crippen LogP contribution in [0.25, 0.3) is 0 Å². The van der Waals surface area contributed by atoms with Crippen LogP contribution >= 0.6 is 11.6 Å². The lowest BCUT2D eigenvalue weighted by molar-refractivity contribution is -0.139. The molecule has 2 aromatic carbocycles. The average Bonchev–Trinajstić information content (AvgIpc) is 2.79. The van der Waals surface area contributed by atoms with E-state index in [9.17, 15) is 18.0 Å². The summed E-state index contributed by atoms with van der Waals surface area (Å²) in [5.41, 5.74) is 1.93. The number of halogens is 1. The lowest BCUT2D eigenvalue weighted by atomic mass is 10.1. The Balaban J connectivity index is 2.42. The Morgan fingerprint density at radius 2 is 1.64 bits per heavy atom. The maximum absolute atomic E-state index is 13.5. The topological polar surface area (TPSA) is 86.8 Å². The van der Waals surface area contributed by atoms with Gasteiger partial charge in [0.25, 0.3) is 0 Å². The van der Waals surface area contributed by atoms with E-state index in [1.165, 1.54) is 4.90 Å². The summed E-state index contributed by atoms with van der Waals surface area (Å²) in [6, 6.07) is 13.3. The molecule has 1 atom stereocenters. The molecule has 0 saturated heterocycles. The van der Waals surface area contributed by atoms with Crippen molar-refractivity contribution in [1.82, 2.24) is 10.2 Å². The van der Waals surface area contributed by atoms with E-state index in [1.807, 2.05) is 26.0 Å². The number of sulfonamides is 1. The number of carbonyl (C=O) groups excluding carboxylic acids is 2. The van der Waals surface area contributed by atoms with Gasteiger partial charge in [-0.05, 0) is 43.0 Å². The number of nitrogens with zero attached hydrogens (tertiary/aromatic N) is 2. The van der Waals surface area contributed by atoms with Crippen molar-refractivity contribution in [3.05, 3.63) is 64.7 Å². The van der Waals surface area contributed by atoms with E-state index < -0.39 is 28.5 Å². The molecular weight excluding hydrogens is 462 g/mol. The maximum Gasteiger partial charge on any atom is 0.244 e. The number of benzene rings is 2. The van der Waals surface area contributed by atoms with Gasteiger partial charge in [-0.2, -0.15) is 0 Å². The molecule has 0 radical (unpaired) electrons. The van der Waals surface area contributed by atoms with Crippen molar-refractivity contribution in [2.24, 2.45) is 0 Å². The van der Waals surface area contributed by atoms with Gasteiger partial charge in [-0.3, -0.25) is 13.9 Å². The highest BCUT2D eigenvalue weighted by Gasteiger charge is 2.30. The summed E-state index contributed by atoms with van der Waals surface area (Å²) in [7, 11) is -3.76. The van der Waals surface area contributed by atoms with Crippen molar-refractivity contribution in [3.8, 4) is 0 Å². The van der Waals surface area contributed by atoms with Gasteiger partial charge < -0.3 is 10.2 Å². The Bertz CT molecular complexity index is 1070. The molecular formula is C24H32ClN3O4S. The fourth-order valence-corrected chi connectivity index (χ4v) is 4.51. The van der Waals surface area contributed by atoms with Gasteiger partial charge in [0.05, 0.1) is 11.9 Å². The molecule has 0 saturated carbocycles. The Morgan fingerprint density at radius 3 is 2.21 bits per heavy atom. The highest BCUT2D eigenvalue weighted by molar-refractivity contribution is 7.92. The first-order valence-corrected chi connectivity index (χ1v) is 13.2. The number of carbonyl (C=O) groups is 2. The first-order valence-electron chi connectivity index (χ1n) is 11.0. The van der Waals surface area contributed by atoms with Gasteiger partial charge in [0.2, 0.25) is 21.8 Å². The molecule has 0 spiro atoms. The van der Waals surface area contributed by atoms with Crippen LogP contribution in [-0.4, -0.2) is 50.5 Å². The molecule has 2 aromatic rings. The summed E-state index contributed by atoms with van der Waals surface area (Å²) in [6.45, 7) is 5.62. The monoisotopic (exact) mass is 493 g/mol. The maximum atomic E-state index is 13.5. The second-order valence-electron chi connectivity index (χ2n) is 7.83. The van der Waals surface area contributed by atoms with Crippen LogP contribution in [0.3, 0.4) is 0 Å². The Hall–Kier alpha value is -2.58. The van der Waals surface area contributed by atoms with E-state index in [4.69, 9.17) is 11.6 Å². The summed E-state index contributed by atoms with van der Waals surface area (Å²) in [5, 5.41) is 3.27. The summed E-state index contributed by atoms with van der Waals surface area (Å²) in [5.74, 6) is -0.803. The number of hydrogen-bond acceptors (Lipinski definition) is 4. The molecule has 180 valence electrons. The average molecular weight is 494 g/mol. The van der Waals surface area contributed by atoms with E-state index in [-0.39, 0.29) is 12.5 Å². The van der Waals surface area contributed by atoms with Crippen LogP contribution in [0.2, 0.25) is 5.02 Å². The molecule has 0 aliphatic rings. The minimum atomic E-state index is -3.76. The van der Waals surface area contributed by atoms with E-state index >= 15 is 0 Å². The number of hydrogen-bond donors (Lipinski definition) is 1. The highest BCUT2D eigenvalue weighted by Crippen LogP contribution is 2.25. The van der Waals surface area contributed by atoms with E-state index in [0.29, 0.717) is 29.2 Å². The second kappa shape index (κ2) is 12.0. The van der Waals surface area contributed by atoms with Crippen LogP contribution in [0.1, 0.15) is 38.3 Å². The zero-order valence-electron chi connectivity index (χ0n) is 19.5. The zero-order chi connectivity index (χ0) is 24.6. The Morgan fingerprint density at radius 1 is 1.03 bits per heavy atom. The number of nitrogens with one attached hydrogen (secondary N) is 1. The predicted molar refractivity (Wildman–Crippen MR) is 133 cm³/mol. The third kappa shape index (κ3) is 7.20. The largest absolute Gasteiger partial charge is 0.354 e. The first-order chi connectivity index (χ1) is 15.6. The number of rotatable bonds is 11. The van der Waals surface area contributed by atoms with Gasteiger partial charge in [-0.25, -0.2) is 8.42 Å². The van der Waals surface area contributed by atoms with Gasteiger partial charge in [-0.1, -0.05) is 61.8 Å². The standard InChI is InChI=1S/C24H32ClN3O4S/c1-5-15-26-24(30)18(3)27(16-20-12-7-9-13-21(20)25)23(29)17-28(33(4,31)32)22-14-10-8-11-19(22)6-2/h7-14,18H,5-6,15-17H2,1-4H3,(H,26,30). The molecule has 0 aromatic heterocycles. The Kier molecular flexibility index (Phi) is 9.73. The molecule has 0 heterocycles. The molecule has 2 amide bonds. The van der Waals surface area contributed by atoms with Crippen LogP contribution in [-0.2, 0) is 32.6 Å². The minimum absolute atomic E-state index is 0.0756. The highest BCUT2D eigenvalue weighted by atomic mass is 35.5. The predicted octanol–water partition coefficient (Wildman–Crippen LogP) is 3.61. The normalized spacial score (nSPS) is 12.2. The number of aryl methyl sites for hydroxylation is 1. The quantitative estimate of drug-likeness (QED) is 0.518. The van der Waals surface area contributed by atoms with Crippen molar-refractivity contribution in [2.75, 3.05) is 23.7 Å². The van der Waals surface area contributed by atoms with Crippen molar-refractivity contribution in [1.29, 1.82) is 0 Å². The second-order valence-corrected chi connectivity index (χ2v) is 10.1. The third-order valence-electron chi connectivity index (χ3n) is 5.34. The summed E-state index contributed by atoms with van der Waals surface area (Å²) in [6.07, 6.45) is 2.44. The molecule has 1 N–H and O–H groups in total.